The first-order chi connectivity index (χ1) is 16.3. The average Bonchev–Trinajstić information content (AvgIpc) is 3.22. The van der Waals surface area contributed by atoms with Crippen molar-refractivity contribution in [3.05, 3.63) is 52.3 Å². The second-order valence-electron chi connectivity index (χ2n) is 7.73. The number of piperazine rings is 1. The summed E-state index contributed by atoms with van der Waals surface area (Å²) in [6, 6.07) is 5.07. The molecule has 0 unspecified atom stereocenters. The molecule has 0 atom stereocenters. The summed E-state index contributed by atoms with van der Waals surface area (Å²) in [6.45, 7) is 5.54. The molecule has 1 aromatic carbocycles. The van der Waals surface area contributed by atoms with E-state index < -0.39 is 11.7 Å². The van der Waals surface area contributed by atoms with Gasteiger partial charge >= 0.3 is 6.18 Å². The van der Waals surface area contributed by atoms with E-state index in [-0.39, 0.29) is 6.61 Å². The van der Waals surface area contributed by atoms with Gasteiger partial charge in [-0.1, -0.05) is 18.2 Å². The number of halogens is 3. The van der Waals surface area contributed by atoms with E-state index in [1.54, 1.807) is 24.4 Å². The quantitative estimate of drug-likeness (QED) is 0.517. The van der Waals surface area contributed by atoms with Crippen molar-refractivity contribution in [3.8, 4) is 0 Å². The van der Waals surface area contributed by atoms with Crippen LogP contribution >= 0.6 is 11.3 Å². The van der Waals surface area contributed by atoms with E-state index in [4.69, 9.17) is 5.11 Å². The van der Waals surface area contributed by atoms with E-state index in [0.29, 0.717) is 48.1 Å². The Hall–Kier alpha value is -3.09. The standard InChI is InChI=1S/C22H24F3N7OS/c1-15-14-26-21(34-15)30-19-27-18(6-5-16-3-2-4-17(13-16)22(23,24)25)28-20(29-19)32-9-7-31(8-10-32)11-12-33/h2-6,13-14,33H,7-12H2,1H3,(H,26,27,28,29,30)/b6-5+. The van der Waals surface area contributed by atoms with Gasteiger partial charge in [-0.05, 0) is 30.7 Å². The predicted molar refractivity (Wildman–Crippen MR) is 126 cm³/mol. The Kier molecular flexibility index (Phi) is 7.39. The third kappa shape index (κ3) is 6.27. The number of thiazole rings is 1. The highest BCUT2D eigenvalue weighted by Gasteiger charge is 2.30. The van der Waals surface area contributed by atoms with Gasteiger partial charge < -0.3 is 10.0 Å². The van der Waals surface area contributed by atoms with Crippen LogP contribution in [0.25, 0.3) is 12.2 Å². The van der Waals surface area contributed by atoms with Gasteiger partial charge in [0.15, 0.2) is 11.0 Å². The summed E-state index contributed by atoms with van der Waals surface area (Å²) < 4.78 is 39.1. The van der Waals surface area contributed by atoms with Gasteiger partial charge in [-0.15, -0.1) is 11.3 Å². The zero-order valence-electron chi connectivity index (χ0n) is 18.5. The molecule has 4 rings (SSSR count). The van der Waals surface area contributed by atoms with Crippen LogP contribution in [0.15, 0.2) is 30.5 Å². The van der Waals surface area contributed by atoms with Crippen LogP contribution < -0.4 is 10.2 Å². The molecule has 1 aliphatic rings. The molecule has 1 aliphatic heterocycles. The third-order valence-corrected chi connectivity index (χ3v) is 6.02. The molecule has 8 nitrogen and oxygen atoms in total. The lowest BCUT2D eigenvalue weighted by atomic mass is 10.1. The van der Waals surface area contributed by atoms with Crippen molar-refractivity contribution in [3.63, 3.8) is 0 Å². The van der Waals surface area contributed by atoms with E-state index in [9.17, 15) is 13.2 Å². The fourth-order valence-corrected chi connectivity index (χ4v) is 4.12. The van der Waals surface area contributed by atoms with Crippen LogP contribution in [0.4, 0.5) is 30.2 Å². The molecular formula is C22H24F3N7OS. The summed E-state index contributed by atoms with van der Waals surface area (Å²) in [4.78, 5) is 23.0. The van der Waals surface area contributed by atoms with Gasteiger partial charge in [0, 0.05) is 43.8 Å². The Labute approximate surface area is 198 Å². The first-order valence-electron chi connectivity index (χ1n) is 10.7. The maximum atomic E-state index is 13.0. The van der Waals surface area contributed by atoms with Crippen LogP contribution in [0.5, 0.6) is 0 Å². The molecular weight excluding hydrogens is 467 g/mol. The highest BCUT2D eigenvalue weighted by molar-refractivity contribution is 7.15. The van der Waals surface area contributed by atoms with Crippen LogP contribution in [-0.2, 0) is 6.18 Å². The van der Waals surface area contributed by atoms with Gasteiger partial charge in [0.2, 0.25) is 11.9 Å². The van der Waals surface area contributed by atoms with Crippen molar-refractivity contribution in [1.82, 2.24) is 24.8 Å². The summed E-state index contributed by atoms with van der Waals surface area (Å²) >= 11 is 1.46. The molecule has 0 saturated carbocycles. The Morgan fingerprint density at radius 2 is 1.91 bits per heavy atom. The van der Waals surface area contributed by atoms with E-state index in [1.165, 1.54) is 17.4 Å². The Balaban J connectivity index is 1.60. The second-order valence-corrected chi connectivity index (χ2v) is 8.96. The topological polar surface area (TPSA) is 90.3 Å². The number of aliphatic hydroxyl groups is 1. The van der Waals surface area contributed by atoms with Gasteiger partial charge in [0.1, 0.15) is 0 Å². The number of aliphatic hydroxyl groups excluding tert-OH is 1. The fraction of sp³-hybridized carbons (Fsp3) is 0.364. The molecule has 2 N–H and O–H groups in total. The van der Waals surface area contributed by atoms with Crippen molar-refractivity contribution in [2.24, 2.45) is 0 Å². The zero-order chi connectivity index (χ0) is 24.1. The first-order valence-corrected chi connectivity index (χ1v) is 11.5. The number of aryl methyl sites for hydroxylation is 1. The highest BCUT2D eigenvalue weighted by Crippen LogP contribution is 2.30. The average molecular weight is 492 g/mol. The van der Waals surface area contributed by atoms with Gasteiger partial charge in [-0.25, -0.2) is 4.98 Å². The lowest BCUT2D eigenvalue weighted by molar-refractivity contribution is -0.137. The van der Waals surface area contributed by atoms with Gasteiger partial charge in [-0.3, -0.25) is 10.2 Å². The second kappa shape index (κ2) is 10.5. The first kappa shape index (κ1) is 24.0. The fourth-order valence-electron chi connectivity index (χ4n) is 3.46. The molecule has 0 amide bonds. The minimum absolute atomic E-state index is 0.109. The monoisotopic (exact) mass is 491 g/mol. The zero-order valence-corrected chi connectivity index (χ0v) is 19.3. The third-order valence-electron chi connectivity index (χ3n) is 5.19. The van der Waals surface area contributed by atoms with Crippen molar-refractivity contribution >= 4 is 40.5 Å². The number of hydrogen-bond acceptors (Lipinski definition) is 9. The number of aromatic nitrogens is 4. The van der Waals surface area contributed by atoms with Crippen molar-refractivity contribution in [1.29, 1.82) is 0 Å². The van der Waals surface area contributed by atoms with E-state index in [2.05, 4.69) is 30.2 Å². The van der Waals surface area contributed by atoms with Crippen molar-refractivity contribution < 1.29 is 18.3 Å². The maximum absolute atomic E-state index is 13.0. The van der Waals surface area contributed by atoms with E-state index in [0.717, 1.165) is 30.1 Å². The largest absolute Gasteiger partial charge is 0.416 e. The summed E-state index contributed by atoms with van der Waals surface area (Å²) in [5.74, 6) is 1.09. The van der Waals surface area contributed by atoms with E-state index in [1.807, 2.05) is 11.8 Å². The van der Waals surface area contributed by atoms with Crippen LogP contribution in [0, 0.1) is 6.92 Å². The molecule has 12 heteroatoms. The number of hydrogen-bond donors (Lipinski definition) is 2. The summed E-state index contributed by atoms with van der Waals surface area (Å²) in [5, 5.41) is 12.9. The number of anilines is 3. The smallest absolute Gasteiger partial charge is 0.395 e. The number of nitrogens with zero attached hydrogens (tertiary/aromatic N) is 6. The normalized spacial score (nSPS) is 15.3. The minimum Gasteiger partial charge on any atom is -0.395 e. The predicted octanol–water partition coefficient (Wildman–Crippen LogP) is 3.68. The number of rotatable bonds is 7. The molecule has 180 valence electrons. The van der Waals surface area contributed by atoms with Gasteiger partial charge in [0.05, 0.1) is 12.2 Å². The number of nitrogens with one attached hydrogen (secondary N) is 1. The number of β-amino-alcohol motifs (C(OH)–C–C–N with tert-alkyl or cyclic N) is 1. The molecule has 34 heavy (non-hydrogen) atoms. The van der Waals surface area contributed by atoms with Crippen molar-refractivity contribution in [2.75, 3.05) is 49.5 Å². The number of alkyl halides is 3. The lowest BCUT2D eigenvalue weighted by Crippen LogP contribution is -2.47. The molecule has 3 aromatic rings. The van der Waals surface area contributed by atoms with Crippen LogP contribution in [0.2, 0.25) is 0 Å². The molecule has 1 saturated heterocycles. The molecule has 0 bridgehead atoms. The molecule has 0 spiro atoms. The molecule has 1 fully saturated rings. The maximum Gasteiger partial charge on any atom is 0.416 e. The van der Waals surface area contributed by atoms with Gasteiger partial charge in [0.25, 0.3) is 0 Å². The Morgan fingerprint density at radius 1 is 1.12 bits per heavy atom. The van der Waals surface area contributed by atoms with Crippen LogP contribution in [0.3, 0.4) is 0 Å². The van der Waals surface area contributed by atoms with Gasteiger partial charge in [-0.2, -0.15) is 28.1 Å². The molecule has 3 heterocycles. The molecule has 2 aromatic heterocycles. The van der Waals surface area contributed by atoms with Crippen LogP contribution in [-0.4, -0.2) is 69.3 Å². The number of benzene rings is 1. The SMILES string of the molecule is Cc1cnc(Nc2nc(/C=C/c3cccc(C(F)(F)F)c3)nc(N3CCN(CCO)CC3)n2)s1. The summed E-state index contributed by atoms with van der Waals surface area (Å²) in [6.07, 6.45) is 0.445. The Bertz CT molecular complexity index is 1140. The molecule has 0 aliphatic carbocycles. The minimum atomic E-state index is -4.41. The van der Waals surface area contributed by atoms with Crippen LogP contribution in [0.1, 0.15) is 21.8 Å². The summed E-state index contributed by atoms with van der Waals surface area (Å²) in [5.41, 5.74) is -0.326. The lowest BCUT2D eigenvalue weighted by Gasteiger charge is -2.34. The summed E-state index contributed by atoms with van der Waals surface area (Å²) in [7, 11) is 0. The van der Waals surface area contributed by atoms with E-state index >= 15 is 0 Å². The Morgan fingerprint density at radius 3 is 2.59 bits per heavy atom. The highest BCUT2D eigenvalue weighted by atomic mass is 32.1. The van der Waals surface area contributed by atoms with Crippen molar-refractivity contribution in [2.45, 2.75) is 13.1 Å². The molecule has 0 radical (unpaired) electrons.